The Labute approximate surface area is 88.3 Å². The van der Waals surface area contributed by atoms with Crippen molar-refractivity contribution >= 4 is 11.0 Å². The number of H-pyrrole nitrogens is 1. The zero-order valence-corrected chi connectivity index (χ0v) is 8.82. The lowest BCUT2D eigenvalue weighted by Gasteiger charge is -2.03. The molecule has 1 aromatic carbocycles. The molecule has 0 aliphatic carbocycles. The maximum atomic E-state index is 9.74. The molecule has 1 aromatic heterocycles. The van der Waals surface area contributed by atoms with Crippen LogP contribution in [0.25, 0.3) is 11.0 Å². The van der Waals surface area contributed by atoms with Crippen molar-refractivity contribution in [1.82, 2.24) is 15.4 Å². The number of nitrogens with zero attached hydrogens (tertiary/aromatic N) is 2. The highest BCUT2D eigenvalue weighted by Gasteiger charge is 2.09. The number of aryl methyl sites for hydroxylation is 1. The van der Waals surface area contributed by atoms with Crippen LogP contribution in [-0.2, 0) is 6.42 Å². The average molecular weight is 205 g/mol. The molecule has 2 rings (SSSR count). The molecule has 1 heterocycles. The molecule has 80 valence electrons. The highest BCUT2D eigenvalue weighted by atomic mass is 16.3. The zero-order valence-electron chi connectivity index (χ0n) is 8.82. The van der Waals surface area contributed by atoms with Gasteiger partial charge in [-0.1, -0.05) is 19.8 Å². The smallest absolute Gasteiger partial charge is 0.121 e. The van der Waals surface area contributed by atoms with Crippen molar-refractivity contribution in [2.45, 2.75) is 32.6 Å². The van der Waals surface area contributed by atoms with Gasteiger partial charge in [-0.15, -0.1) is 0 Å². The summed E-state index contributed by atoms with van der Waals surface area (Å²) in [6.45, 7) is 2.16. The predicted octanol–water partition coefficient (Wildman–Crippen LogP) is 2.40. The molecule has 0 aliphatic rings. The van der Waals surface area contributed by atoms with Crippen LogP contribution in [0, 0.1) is 0 Å². The average Bonchev–Trinajstić information content (AvgIpc) is 2.69. The number of nitrogens with one attached hydrogen (secondary N) is 1. The molecule has 0 aliphatic heterocycles. The van der Waals surface area contributed by atoms with E-state index in [1.54, 1.807) is 12.1 Å². The van der Waals surface area contributed by atoms with Gasteiger partial charge in [-0.25, -0.2) is 0 Å². The predicted molar refractivity (Wildman–Crippen MR) is 58.8 cm³/mol. The minimum Gasteiger partial charge on any atom is -0.508 e. The van der Waals surface area contributed by atoms with E-state index >= 15 is 0 Å². The number of hydrogen-bond acceptors (Lipinski definition) is 3. The van der Waals surface area contributed by atoms with Crippen LogP contribution in [0.1, 0.15) is 31.7 Å². The largest absolute Gasteiger partial charge is 0.508 e. The van der Waals surface area contributed by atoms with E-state index in [0.717, 1.165) is 29.4 Å². The van der Waals surface area contributed by atoms with Gasteiger partial charge in [0.25, 0.3) is 0 Å². The van der Waals surface area contributed by atoms with E-state index in [4.69, 9.17) is 0 Å². The lowest BCUT2D eigenvalue weighted by molar-refractivity contribution is 0.467. The Hall–Kier alpha value is -1.58. The standard InChI is InChI=1S/C11H15N3O/c1-2-3-4-5-8-10(15)7-6-9-11(8)13-14-12-9/h6-7,15H,2-5H2,1H3,(H,12,13,14). The minimum absolute atomic E-state index is 0.326. The SMILES string of the molecule is CCCCCc1c(O)ccc2n[nH]nc12. The molecule has 4 nitrogen and oxygen atoms in total. The first kappa shape index (κ1) is 9.96. The molecule has 15 heavy (non-hydrogen) atoms. The number of benzene rings is 1. The maximum absolute atomic E-state index is 9.74. The number of fused-ring (bicyclic) bond motifs is 1. The van der Waals surface area contributed by atoms with Gasteiger partial charge in [0, 0.05) is 5.56 Å². The van der Waals surface area contributed by atoms with Gasteiger partial charge in [0.05, 0.1) is 0 Å². The molecule has 0 saturated carbocycles. The van der Waals surface area contributed by atoms with Crippen molar-refractivity contribution < 1.29 is 5.11 Å². The first-order chi connectivity index (χ1) is 7.33. The molecule has 0 unspecified atom stereocenters. The second kappa shape index (κ2) is 4.29. The third-order valence-corrected chi connectivity index (χ3v) is 2.60. The molecule has 4 heteroatoms. The number of aromatic amines is 1. The second-order valence-corrected chi connectivity index (χ2v) is 3.71. The normalized spacial score (nSPS) is 11.0. The van der Waals surface area contributed by atoms with Gasteiger partial charge in [0.1, 0.15) is 16.8 Å². The Morgan fingerprint density at radius 1 is 1.27 bits per heavy atom. The van der Waals surface area contributed by atoms with Gasteiger partial charge in [0.15, 0.2) is 0 Å². The van der Waals surface area contributed by atoms with E-state index < -0.39 is 0 Å². The summed E-state index contributed by atoms with van der Waals surface area (Å²) in [7, 11) is 0. The van der Waals surface area contributed by atoms with E-state index in [2.05, 4.69) is 22.3 Å². The lowest BCUT2D eigenvalue weighted by Crippen LogP contribution is -1.89. The summed E-state index contributed by atoms with van der Waals surface area (Å²) >= 11 is 0. The fourth-order valence-electron chi connectivity index (χ4n) is 1.76. The second-order valence-electron chi connectivity index (χ2n) is 3.71. The number of aromatic hydroxyl groups is 1. The van der Waals surface area contributed by atoms with Gasteiger partial charge >= 0.3 is 0 Å². The van der Waals surface area contributed by atoms with Crippen LogP contribution in [0.5, 0.6) is 5.75 Å². The monoisotopic (exact) mass is 205 g/mol. The molecular weight excluding hydrogens is 190 g/mol. The first-order valence-corrected chi connectivity index (χ1v) is 5.34. The van der Waals surface area contributed by atoms with E-state index in [9.17, 15) is 5.11 Å². The Balaban J connectivity index is 2.30. The van der Waals surface area contributed by atoms with Crippen LogP contribution in [0.15, 0.2) is 12.1 Å². The number of unbranched alkanes of at least 4 members (excludes halogenated alkanes) is 2. The molecule has 0 bridgehead atoms. The van der Waals surface area contributed by atoms with Gasteiger partial charge in [0.2, 0.25) is 0 Å². The summed E-state index contributed by atoms with van der Waals surface area (Å²) in [6.07, 6.45) is 4.29. The molecule has 0 amide bonds. The van der Waals surface area contributed by atoms with Crippen LogP contribution in [0.3, 0.4) is 0 Å². The minimum atomic E-state index is 0.326. The molecule has 0 saturated heterocycles. The molecule has 0 atom stereocenters. The quantitative estimate of drug-likeness (QED) is 0.753. The van der Waals surface area contributed by atoms with Crippen molar-refractivity contribution in [3.63, 3.8) is 0 Å². The Morgan fingerprint density at radius 3 is 2.93 bits per heavy atom. The summed E-state index contributed by atoms with van der Waals surface area (Å²) in [4.78, 5) is 0. The topological polar surface area (TPSA) is 61.8 Å². The van der Waals surface area contributed by atoms with Crippen molar-refractivity contribution in [1.29, 1.82) is 0 Å². The highest BCUT2D eigenvalue weighted by Crippen LogP contribution is 2.25. The van der Waals surface area contributed by atoms with Crippen LogP contribution in [0.4, 0.5) is 0 Å². The van der Waals surface area contributed by atoms with Crippen LogP contribution >= 0.6 is 0 Å². The number of aromatic nitrogens is 3. The van der Waals surface area contributed by atoms with Gasteiger partial charge in [-0.3, -0.25) is 0 Å². The Kier molecular flexibility index (Phi) is 2.85. The molecule has 0 radical (unpaired) electrons. The van der Waals surface area contributed by atoms with E-state index in [1.807, 2.05) is 0 Å². The fraction of sp³-hybridized carbons (Fsp3) is 0.455. The summed E-state index contributed by atoms with van der Waals surface area (Å²) in [5.41, 5.74) is 2.53. The lowest BCUT2D eigenvalue weighted by atomic mass is 10.0. The number of hydrogen-bond donors (Lipinski definition) is 2. The Morgan fingerprint density at radius 2 is 2.13 bits per heavy atom. The molecular formula is C11H15N3O. The molecule has 2 aromatic rings. The van der Waals surface area contributed by atoms with Crippen molar-refractivity contribution in [3.05, 3.63) is 17.7 Å². The van der Waals surface area contributed by atoms with Gasteiger partial charge < -0.3 is 5.11 Å². The molecule has 2 N–H and O–H groups in total. The third-order valence-electron chi connectivity index (χ3n) is 2.60. The summed E-state index contributed by atoms with van der Waals surface area (Å²) in [5.74, 6) is 0.326. The van der Waals surface area contributed by atoms with Gasteiger partial charge in [-0.2, -0.15) is 15.4 Å². The van der Waals surface area contributed by atoms with E-state index in [1.165, 1.54) is 12.8 Å². The van der Waals surface area contributed by atoms with Gasteiger partial charge in [-0.05, 0) is 25.0 Å². The highest BCUT2D eigenvalue weighted by molar-refractivity contribution is 5.79. The van der Waals surface area contributed by atoms with Crippen molar-refractivity contribution in [3.8, 4) is 5.75 Å². The Bertz CT molecular complexity index is 450. The number of rotatable bonds is 4. The van der Waals surface area contributed by atoms with Crippen molar-refractivity contribution in [2.24, 2.45) is 0 Å². The van der Waals surface area contributed by atoms with E-state index in [-0.39, 0.29) is 0 Å². The maximum Gasteiger partial charge on any atom is 0.121 e. The van der Waals surface area contributed by atoms with E-state index in [0.29, 0.717) is 5.75 Å². The van der Waals surface area contributed by atoms with Crippen molar-refractivity contribution in [2.75, 3.05) is 0 Å². The molecule has 0 fully saturated rings. The van der Waals surface area contributed by atoms with Crippen LogP contribution in [-0.4, -0.2) is 20.5 Å². The van der Waals surface area contributed by atoms with Crippen LogP contribution < -0.4 is 0 Å². The van der Waals surface area contributed by atoms with Crippen LogP contribution in [0.2, 0.25) is 0 Å². The zero-order chi connectivity index (χ0) is 10.7. The third kappa shape index (κ3) is 1.93. The summed E-state index contributed by atoms with van der Waals surface area (Å²) in [5, 5.41) is 20.4. The molecule has 0 spiro atoms. The summed E-state index contributed by atoms with van der Waals surface area (Å²) in [6, 6.07) is 3.46. The number of phenolic OH excluding ortho intramolecular Hbond substituents is 1. The first-order valence-electron chi connectivity index (χ1n) is 5.34. The summed E-state index contributed by atoms with van der Waals surface area (Å²) < 4.78 is 0. The fourth-order valence-corrected chi connectivity index (χ4v) is 1.76. The number of phenols is 1.